The zero-order valence-electron chi connectivity index (χ0n) is 7.55. The van der Waals surface area contributed by atoms with Crippen molar-refractivity contribution in [2.45, 2.75) is 32.2 Å². The normalized spacial score (nSPS) is 22.3. The summed E-state index contributed by atoms with van der Waals surface area (Å²) in [5.74, 6) is 1.85. The summed E-state index contributed by atoms with van der Waals surface area (Å²) in [4.78, 5) is 4.34. The van der Waals surface area contributed by atoms with Gasteiger partial charge in [-0.05, 0) is 26.3 Å². The summed E-state index contributed by atoms with van der Waals surface area (Å²) in [6, 6.07) is 0.384. The van der Waals surface area contributed by atoms with Gasteiger partial charge in [-0.1, -0.05) is 0 Å². The van der Waals surface area contributed by atoms with Crippen LogP contribution in [0.3, 0.4) is 0 Å². The predicted molar refractivity (Wildman–Crippen MR) is 46.0 cm³/mol. The van der Waals surface area contributed by atoms with Gasteiger partial charge in [-0.2, -0.15) is 0 Å². The molecule has 66 valence electrons. The molecule has 1 N–H and O–H groups in total. The van der Waals surface area contributed by atoms with E-state index in [9.17, 15) is 0 Å². The molecule has 0 radical (unpaired) electrons. The van der Waals surface area contributed by atoms with Crippen molar-refractivity contribution in [1.82, 2.24) is 10.3 Å². The van der Waals surface area contributed by atoms with Crippen LogP contribution in [0.25, 0.3) is 0 Å². The zero-order valence-corrected chi connectivity index (χ0v) is 7.55. The Hall–Kier alpha value is -0.830. The maximum absolute atomic E-state index is 5.54. The molecule has 0 saturated heterocycles. The molecule has 0 aromatic carbocycles. The summed E-state index contributed by atoms with van der Waals surface area (Å²) < 4.78 is 5.54. The average molecular weight is 166 g/mol. The summed E-state index contributed by atoms with van der Waals surface area (Å²) in [7, 11) is 1.97. The zero-order chi connectivity index (χ0) is 8.55. The first-order valence-corrected chi connectivity index (χ1v) is 4.44. The standard InChI is InChI=1S/C9H14N2O/c1-6-11-8-5-3-4-7(10-2)9(8)12-6/h7,10H,3-5H2,1-2H3. The van der Waals surface area contributed by atoms with Gasteiger partial charge in [-0.25, -0.2) is 4.98 Å². The van der Waals surface area contributed by atoms with Crippen molar-refractivity contribution in [3.8, 4) is 0 Å². The lowest BCUT2D eigenvalue weighted by Gasteiger charge is -2.18. The smallest absolute Gasteiger partial charge is 0.191 e. The fourth-order valence-corrected chi connectivity index (χ4v) is 1.82. The van der Waals surface area contributed by atoms with Gasteiger partial charge in [0.1, 0.15) is 5.76 Å². The van der Waals surface area contributed by atoms with Crippen molar-refractivity contribution >= 4 is 0 Å². The lowest BCUT2D eigenvalue weighted by molar-refractivity contribution is 0.375. The van der Waals surface area contributed by atoms with Gasteiger partial charge in [0.05, 0.1) is 11.7 Å². The van der Waals surface area contributed by atoms with Gasteiger partial charge < -0.3 is 9.73 Å². The molecule has 1 aromatic rings. The molecule has 3 nitrogen and oxygen atoms in total. The minimum Gasteiger partial charge on any atom is -0.444 e. The Morgan fingerprint density at radius 1 is 1.58 bits per heavy atom. The molecule has 1 aliphatic carbocycles. The highest BCUT2D eigenvalue weighted by Crippen LogP contribution is 2.29. The van der Waals surface area contributed by atoms with Gasteiger partial charge in [0.25, 0.3) is 0 Å². The van der Waals surface area contributed by atoms with Crippen LogP contribution in [0.5, 0.6) is 0 Å². The van der Waals surface area contributed by atoms with Crippen molar-refractivity contribution in [1.29, 1.82) is 0 Å². The van der Waals surface area contributed by atoms with Crippen LogP contribution in [0, 0.1) is 6.92 Å². The molecule has 0 amide bonds. The first kappa shape index (κ1) is 7.80. The van der Waals surface area contributed by atoms with E-state index < -0.39 is 0 Å². The Bertz CT molecular complexity index is 280. The SMILES string of the molecule is CNC1CCCc2nc(C)oc21. The van der Waals surface area contributed by atoms with Crippen LogP contribution in [0.15, 0.2) is 4.42 Å². The molecule has 12 heavy (non-hydrogen) atoms. The van der Waals surface area contributed by atoms with Crippen LogP contribution >= 0.6 is 0 Å². The van der Waals surface area contributed by atoms with Gasteiger partial charge in [-0.3, -0.25) is 0 Å². The fourth-order valence-electron chi connectivity index (χ4n) is 1.82. The first-order valence-electron chi connectivity index (χ1n) is 4.44. The Labute approximate surface area is 72.2 Å². The molecule has 0 spiro atoms. The van der Waals surface area contributed by atoms with Crippen molar-refractivity contribution in [2.24, 2.45) is 0 Å². The number of hydrogen-bond donors (Lipinski definition) is 1. The monoisotopic (exact) mass is 166 g/mol. The Morgan fingerprint density at radius 3 is 3.17 bits per heavy atom. The number of aryl methyl sites for hydroxylation is 2. The van der Waals surface area contributed by atoms with E-state index in [1.54, 1.807) is 0 Å². The highest BCUT2D eigenvalue weighted by Gasteiger charge is 2.23. The lowest BCUT2D eigenvalue weighted by atomic mass is 9.97. The van der Waals surface area contributed by atoms with Crippen LogP contribution in [-0.2, 0) is 6.42 Å². The molecule has 1 aliphatic rings. The molecule has 0 saturated carbocycles. The number of oxazole rings is 1. The van der Waals surface area contributed by atoms with Crippen molar-refractivity contribution in [3.63, 3.8) is 0 Å². The van der Waals surface area contributed by atoms with E-state index in [-0.39, 0.29) is 0 Å². The maximum atomic E-state index is 5.54. The van der Waals surface area contributed by atoms with Gasteiger partial charge in [0.2, 0.25) is 0 Å². The maximum Gasteiger partial charge on any atom is 0.191 e. The Balaban J connectivity index is 2.36. The quantitative estimate of drug-likeness (QED) is 0.688. The summed E-state index contributed by atoms with van der Waals surface area (Å²) in [6.45, 7) is 1.91. The highest BCUT2D eigenvalue weighted by molar-refractivity contribution is 5.17. The molecular weight excluding hydrogens is 152 g/mol. The van der Waals surface area contributed by atoms with E-state index in [0.29, 0.717) is 6.04 Å². The minimum absolute atomic E-state index is 0.384. The van der Waals surface area contributed by atoms with E-state index >= 15 is 0 Å². The number of hydrogen-bond acceptors (Lipinski definition) is 3. The molecule has 0 aliphatic heterocycles. The van der Waals surface area contributed by atoms with Crippen LogP contribution in [0.4, 0.5) is 0 Å². The first-order chi connectivity index (χ1) is 5.81. The van der Waals surface area contributed by atoms with Crippen molar-refractivity contribution < 1.29 is 4.42 Å². The van der Waals surface area contributed by atoms with E-state index in [4.69, 9.17) is 4.42 Å². The molecule has 1 atom stereocenters. The molecule has 1 aromatic heterocycles. The molecule has 1 unspecified atom stereocenters. The molecular formula is C9H14N2O. The van der Waals surface area contributed by atoms with Gasteiger partial charge >= 0.3 is 0 Å². The molecule has 3 heteroatoms. The largest absolute Gasteiger partial charge is 0.444 e. The van der Waals surface area contributed by atoms with Crippen molar-refractivity contribution in [2.75, 3.05) is 7.05 Å². The molecule has 0 fully saturated rings. The number of aromatic nitrogens is 1. The van der Waals surface area contributed by atoms with Gasteiger partial charge in [0, 0.05) is 6.92 Å². The summed E-state index contributed by atoms with van der Waals surface area (Å²) in [5, 5.41) is 3.24. The van der Waals surface area contributed by atoms with E-state index in [2.05, 4.69) is 10.3 Å². The predicted octanol–water partition coefficient (Wildman–Crippen LogP) is 1.58. The number of rotatable bonds is 1. The summed E-state index contributed by atoms with van der Waals surface area (Å²) >= 11 is 0. The van der Waals surface area contributed by atoms with Crippen LogP contribution < -0.4 is 5.32 Å². The summed E-state index contributed by atoms with van der Waals surface area (Å²) in [6.07, 6.45) is 3.45. The Kier molecular flexibility index (Phi) is 1.89. The second-order valence-electron chi connectivity index (χ2n) is 3.28. The van der Waals surface area contributed by atoms with E-state index in [0.717, 1.165) is 30.2 Å². The number of nitrogens with zero attached hydrogens (tertiary/aromatic N) is 1. The third kappa shape index (κ3) is 1.14. The van der Waals surface area contributed by atoms with Crippen LogP contribution in [0.2, 0.25) is 0 Å². The second-order valence-corrected chi connectivity index (χ2v) is 3.28. The van der Waals surface area contributed by atoms with Gasteiger partial charge in [-0.15, -0.1) is 0 Å². The fraction of sp³-hybridized carbons (Fsp3) is 0.667. The highest BCUT2D eigenvalue weighted by atomic mass is 16.4. The lowest BCUT2D eigenvalue weighted by Crippen LogP contribution is -2.20. The average Bonchev–Trinajstić information content (AvgIpc) is 2.44. The second kappa shape index (κ2) is 2.90. The third-order valence-electron chi connectivity index (χ3n) is 2.41. The minimum atomic E-state index is 0.384. The van der Waals surface area contributed by atoms with Crippen molar-refractivity contribution in [3.05, 3.63) is 17.3 Å². The molecule has 1 heterocycles. The summed E-state index contributed by atoms with van der Waals surface area (Å²) in [5.41, 5.74) is 1.15. The number of fused-ring (bicyclic) bond motifs is 1. The van der Waals surface area contributed by atoms with Crippen LogP contribution in [-0.4, -0.2) is 12.0 Å². The third-order valence-corrected chi connectivity index (χ3v) is 2.41. The van der Waals surface area contributed by atoms with Gasteiger partial charge in [0.15, 0.2) is 5.89 Å². The Morgan fingerprint density at radius 2 is 2.42 bits per heavy atom. The van der Waals surface area contributed by atoms with Crippen LogP contribution in [0.1, 0.15) is 36.2 Å². The number of nitrogens with one attached hydrogen (secondary N) is 1. The van der Waals surface area contributed by atoms with E-state index in [1.165, 1.54) is 6.42 Å². The topological polar surface area (TPSA) is 38.1 Å². The van der Waals surface area contributed by atoms with E-state index in [1.807, 2.05) is 14.0 Å². The molecule has 0 bridgehead atoms. The molecule has 2 rings (SSSR count).